The second-order valence-corrected chi connectivity index (χ2v) is 7.96. The SMILES string of the molecule is O=C1C[C@H](C(=O)Nc2cccc(Oc3ccc4c(/C=C/c5ccccc5)n[nH]c4c3)c2)NC(=O)N1. The molecule has 3 aromatic carbocycles. The number of carbonyl (C=O) groups is 3. The molecule has 4 aromatic rings. The third-order valence-corrected chi connectivity index (χ3v) is 5.40. The van der Waals surface area contributed by atoms with Gasteiger partial charge in [-0.15, -0.1) is 0 Å². The fourth-order valence-corrected chi connectivity index (χ4v) is 3.72. The average molecular weight is 467 g/mol. The van der Waals surface area contributed by atoms with Gasteiger partial charge in [-0.3, -0.25) is 20.0 Å². The minimum atomic E-state index is -0.936. The first-order valence-corrected chi connectivity index (χ1v) is 10.9. The predicted octanol–water partition coefficient (Wildman–Crippen LogP) is 4.06. The number of nitrogens with zero attached hydrogens (tertiary/aromatic N) is 1. The van der Waals surface area contributed by atoms with E-state index in [-0.39, 0.29) is 6.42 Å². The van der Waals surface area contributed by atoms with Gasteiger partial charge in [0.15, 0.2) is 0 Å². The van der Waals surface area contributed by atoms with E-state index in [1.807, 2.05) is 60.7 Å². The molecule has 5 rings (SSSR count). The van der Waals surface area contributed by atoms with Gasteiger partial charge in [0.05, 0.1) is 17.6 Å². The maximum Gasteiger partial charge on any atom is 0.322 e. The summed E-state index contributed by atoms with van der Waals surface area (Å²) in [6, 6.07) is 20.8. The maximum atomic E-state index is 12.5. The molecular formula is C26H21N5O4. The molecule has 0 bridgehead atoms. The Morgan fingerprint density at radius 1 is 0.971 bits per heavy atom. The number of imide groups is 1. The first-order valence-electron chi connectivity index (χ1n) is 10.9. The number of carbonyl (C=O) groups excluding carboxylic acids is 3. The largest absolute Gasteiger partial charge is 0.457 e. The minimum Gasteiger partial charge on any atom is -0.457 e. The smallest absolute Gasteiger partial charge is 0.322 e. The molecule has 174 valence electrons. The highest BCUT2D eigenvalue weighted by Gasteiger charge is 2.29. The van der Waals surface area contributed by atoms with Crippen molar-refractivity contribution in [2.24, 2.45) is 0 Å². The molecule has 0 aliphatic carbocycles. The molecule has 9 nitrogen and oxygen atoms in total. The molecule has 35 heavy (non-hydrogen) atoms. The molecule has 2 heterocycles. The number of benzene rings is 3. The Balaban J connectivity index is 1.27. The van der Waals surface area contributed by atoms with Crippen molar-refractivity contribution in [2.45, 2.75) is 12.5 Å². The molecule has 1 aliphatic heterocycles. The average Bonchev–Trinajstić information content (AvgIpc) is 3.25. The van der Waals surface area contributed by atoms with E-state index in [0.29, 0.717) is 17.2 Å². The van der Waals surface area contributed by atoms with E-state index >= 15 is 0 Å². The van der Waals surface area contributed by atoms with E-state index in [1.165, 1.54) is 0 Å². The lowest BCUT2D eigenvalue weighted by molar-refractivity contribution is -0.126. The Hall–Kier alpha value is -4.92. The topological polar surface area (TPSA) is 125 Å². The molecule has 0 unspecified atom stereocenters. The van der Waals surface area contributed by atoms with Crippen LogP contribution in [0.5, 0.6) is 11.5 Å². The number of aromatic nitrogens is 2. The third kappa shape index (κ3) is 5.19. The minimum absolute atomic E-state index is 0.125. The highest BCUT2D eigenvalue weighted by Crippen LogP contribution is 2.28. The van der Waals surface area contributed by atoms with Crippen LogP contribution in [0.3, 0.4) is 0 Å². The zero-order valence-corrected chi connectivity index (χ0v) is 18.4. The summed E-state index contributed by atoms with van der Waals surface area (Å²) in [7, 11) is 0. The van der Waals surface area contributed by atoms with E-state index in [9.17, 15) is 14.4 Å². The van der Waals surface area contributed by atoms with E-state index < -0.39 is 23.9 Å². The Labute approximate surface area is 200 Å². The number of ether oxygens (including phenoxy) is 1. The van der Waals surface area contributed by atoms with Gasteiger partial charge in [0.25, 0.3) is 0 Å². The number of amides is 4. The van der Waals surface area contributed by atoms with E-state index in [4.69, 9.17) is 4.74 Å². The number of urea groups is 1. The molecular weight excluding hydrogens is 446 g/mol. The number of aromatic amines is 1. The van der Waals surface area contributed by atoms with E-state index in [1.54, 1.807) is 24.3 Å². The van der Waals surface area contributed by atoms with Gasteiger partial charge < -0.3 is 15.4 Å². The Morgan fingerprint density at radius 2 is 1.80 bits per heavy atom. The molecule has 0 saturated carbocycles. The standard InChI is InChI=1S/C26H21N5O4/c32-24-15-23(28-26(34)29-24)25(33)27-17-7-4-8-18(13-17)35-19-10-11-20-21(30-31-22(20)14-19)12-9-16-5-2-1-3-6-16/h1-14,23H,15H2,(H,27,33)(H,30,31)(H2,28,29,32,34)/b12-9+/t23-/m1/s1. The highest BCUT2D eigenvalue weighted by atomic mass is 16.5. The second kappa shape index (κ2) is 9.52. The Morgan fingerprint density at radius 3 is 2.63 bits per heavy atom. The first-order chi connectivity index (χ1) is 17.0. The summed E-state index contributed by atoms with van der Waals surface area (Å²) >= 11 is 0. The van der Waals surface area contributed by atoms with Gasteiger partial charge in [0, 0.05) is 23.2 Å². The van der Waals surface area contributed by atoms with Gasteiger partial charge in [0.2, 0.25) is 11.8 Å². The zero-order chi connectivity index (χ0) is 24.2. The summed E-state index contributed by atoms with van der Waals surface area (Å²) in [5.74, 6) is 0.120. The van der Waals surface area contributed by atoms with Crippen LogP contribution in [0.1, 0.15) is 17.7 Å². The van der Waals surface area contributed by atoms with Crippen molar-refractivity contribution in [1.82, 2.24) is 20.8 Å². The molecule has 1 aliphatic rings. The van der Waals surface area contributed by atoms with Gasteiger partial charge in [-0.2, -0.15) is 5.10 Å². The molecule has 1 saturated heterocycles. The summed E-state index contributed by atoms with van der Waals surface area (Å²) in [4.78, 5) is 35.4. The Kier molecular flexibility index (Phi) is 5.96. The third-order valence-electron chi connectivity index (χ3n) is 5.40. The van der Waals surface area contributed by atoms with Crippen molar-refractivity contribution in [2.75, 3.05) is 5.32 Å². The van der Waals surface area contributed by atoms with Crippen molar-refractivity contribution in [3.63, 3.8) is 0 Å². The number of fused-ring (bicyclic) bond motifs is 1. The number of hydrogen-bond donors (Lipinski definition) is 4. The number of hydrogen-bond acceptors (Lipinski definition) is 5. The van der Waals surface area contributed by atoms with Crippen molar-refractivity contribution in [3.05, 3.63) is 84.1 Å². The van der Waals surface area contributed by atoms with Crippen molar-refractivity contribution < 1.29 is 19.1 Å². The molecule has 1 fully saturated rings. The summed E-state index contributed by atoms with van der Waals surface area (Å²) in [5.41, 5.74) is 3.21. The normalized spacial score (nSPS) is 15.6. The van der Waals surface area contributed by atoms with E-state index in [2.05, 4.69) is 26.1 Å². The lowest BCUT2D eigenvalue weighted by Crippen LogP contribution is -2.56. The van der Waals surface area contributed by atoms with Gasteiger partial charge in [-0.25, -0.2) is 4.79 Å². The molecule has 4 N–H and O–H groups in total. The lowest BCUT2D eigenvalue weighted by Gasteiger charge is -2.22. The Bertz CT molecular complexity index is 1430. The molecule has 1 aromatic heterocycles. The van der Waals surface area contributed by atoms with Crippen molar-refractivity contribution >= 4 is 46.6 Å². The van der Waals surface area contributed by atoms with Gasteiger partial charge >= 0.3 is 6.03 Å². The van der Waals surface area contributed by atoms with Crippen LogP contribution < -0.4 is 20.7 Å². The quantitative estimate of drug-likeness (QED) is 0.340. The second-order valence-electron chi connectivity index (χ2n) is 7.96. The number of nitrogens with one attached hydrogen (secondary N) is 4. The maximum absolute atomic E-state index is 12.5. The van der Waals surface area contributed by atoms with Gasteiger partial charge in [-0.05, 0) is 35.9 Å². The van der Waals surface area contributed by atoms with Crippen molar-refractivity contribution in [1.29, 1.82) is 0 Å². The fraction of sp³-hybridized carbons (Fsp3) is 0.0769. The van der Waals surface area contributed by atoms with Crippen LogP contribution in [0, 0.1) is 0 Å². The summed E-state index contributed by atoms with van der Waals surface area (Å²) in [6.45, 7) is 0. The lowest BCUT2D eigenvalue weighted by atomic mass is 10.1. The summed E-state index contributed by atoms with van der Waals surface area (Å²) < 4.78 is 5.98. The van der Waals surface area contributed by atoms with E-state index in [0.717, 1.165) is 22.2 Å². The van der Waals surface area contributed by atoms with Crippen LogP contribution >= 0.6 is 0 Å². The van der Waals surface area contributed by atoms with Crippen LogP contribution in [-0.2, 0) is 9.59 Å². The molecule has 1 atom stereocenters. The van der Waals surface area contributed by atoms with Gasteiger partial charge in [0.1, 0.15) is 17.5 Å². The van der Waals surface area contributed by atoms with Crippen LogP contribution in [0.15, 0.2) is 72.8 Å². The van der Waals surface area contributed by atoms with Crippen LogP contribution in [0.4, 0.5) is 10.5 Å². The summed E-state index contributed by atoms with van der Waals surface area (Å²) in [5, 5.41) is 15.6. The number of H-pyrrole nitrogens is 1. The molecule has 4 amide bonds. The highest BCUT2D eigenvalue weighted by molar-refractivity contribution is 6.05. The van der Waals surface area contributed by atoms with Gasteiger partial charge in [-0.1, -0.05) is 42.5 Å². The fourth-order valence-electron chi connectivity index (χ4n) is 3.72. The molecule has 0 spiro atoms. The van der Waals surface area contributed by atoms with Crippen LogP contribution in [0.25, 0.3) is 23.1 Å². The first kappa shape index (κ1) is 21.9. The number of rotatable bonds is 6. The summed E-state index contributed by atoms with van der Waals surface area (Å²) in [6.07, 6.45) is 3.84. The predicted molar refractivity (Wildman–Crippen MR) is 132 cm³/mol. The monoisotopic (exact) mass is 467 g/mol. The van der Waals surface area contributed by atoms with Crippen LogP contribution in [0.2, 0.25) is 0 Å². The number of anilines is 1. The molecule has 9 heteroatoms. The zero-order valence-electron chi connectivity index (χ0n) is 18.4. The van der Waals surface area contributed by atoms with Crippen LogP contribution in [-0.4, -0.2) is 34.1 Å². The van der Waals surface area contributed by atoms with Crippen molar-refractivity contribution in [3.8, 4) is 11.5 Å². The molecule has 0 radical (unpaired) electrons.